The fraction of sp³-hybridized carbons (Fsp3) is 0.350. The highest BCUT2D eigenvalue weighted by Gasteiger charge is 2.06. The van der Waals surface area contributed by atoms with Crippen LogP contribution in [0.5, 0.6) is 11.5 Å². The molecule has 0 unspecified atom stereocenters. The number of halogens is 1. The number of carbonyl (C=O) groups excluding carboxylic acids is 1. The molecule has 1 N–H and O–H groups in total. The second-order valence-electron chi connectivity index (χ2n) is 6.18. The van der Waals surface area contributed by atoms with Gasteiger partial charge in [-0.3, -0.25) is 4.79 Å². The van der Waals surface area contributed by atoms with E-state index >= 15 is 0 Å². The van der Waals surface area contributed by atoms with Crippen molar-refractivity contribution in [2.75, 3.05) is 19.8 Å². The fourth-order valence-corrected chi connectivity index (χ4v) is 2.79. The third-order valence-electron chi connectivity index (χ3n) is 3.67. The number of amides is 1. The van der Waals surface area contributed by atoms with Gasteiger partial charge < -0.3 is 14.8 Å². The van der Waals surface area contributed by atoms with E-state index in [0.717, 1.165) is 32.5 Å². The van der Waals surface area contributed by atoms with E-state index in [1.54, 1.807) is 0 Å². The number of carbonyl (C=O) groups is 1. The van der Waals surface area contributed by atoms with E-state index < -0.39 is 0 Å². The first-order valence-electron chi connectivity index (χ1n) is 8.22. The summed E-state index contributed by atoms with van der Waals surface area (Å²) in [6.07, 6.45) is 0. The Balaban J connectivity index is 1.72. The molecule has 0 atom stereocenters. The highest BCUT2D eigenvalue weighted by Crippen LogP contribution is 2.26. The quantitative estimate of drug-likeness (QED) is 0.700. The van der Waals surface area contributed by atoms with E-state index in [4.69, 9.17) is 9.47 Å². The molecular weight excluding hydrogens is 382 g/mol. The predicted octanol–water partition coefficient (Wildman–Crippen LogP) is 4.26. The zero-order valence-electron chi connectivity index (χ0n) is 15.1. The van der Waals surface area contributed by atoms with E-state index in [2.05, 4.69) is 27.3 Å². The van der Waals surface area contributed by atoms with Gasteiger partial charge in [-0.2, -0.15) is 0 Å². The summed E-state index contributed by atoms with van der Waals surface area (Å²) in [6, 6.07) is 9.88. The third-order valence-corrected chi connectivity index (χ3v) is 4.92. The van der Waals surface area contributed by atoms with E-state index in [1.165, 1.54) is 0 Å². The molecule has 0 radical (unpaired) electrons. The number of rotatable bonds is 7. The summed E-state index contributed by atoms with van der Waals surface area (Å²) in [4.78, 5) is 11.9. The lowest BCUT2D eigenvalue weighted by atomic mass is 10.1. The van der Waals surface area contributed by atoms with Crippen molar-refractivity contribution in [2.24, 2.45) is 0 Å². The van der Waals surface area contributed by atoms with Crippen LogP contribution in [-0.2, 0) is 4.79 Å². The largest absolute Gasteiger partial charge is 0.492 e. The summed E-state index contributed by atoms with van der Waals surface area (Å²) in [5, 5.41) is 2.79. The normalized spacial score (nSPS) is 10.4. The van der Waals surface area contributed by atoms with E-state index in [9.17, 15) is 4.79 Å². The number of hydrogen-bond acceptors (Lipinski definition) is 3. The Kier molecular flexibility index (Phi) is 6.88. The Morgan fingerprint density at radius 3 is 2.08 bits per heavy atom. The van der Waals surface area contributed by atoms with Crippen molar-refractivity contribution < 1.29 is 14.3 Å². The molecule has 0 aliphatic heterocycles. The van der Waals surface area contributed by atoms with Crippen LogP contribution in [0, 0.1) is 27.7 Å². The van der Waals surface area contributed by atoms with Gasteiger partial charge >= 0.3 is 0 Å². The molecule has 4 nitrogen and oxygen atoms in total. The lowest BCUT2D eigenvalue weighted by molar-refractivity contribution is -0.123. The number of nitrogens with one attached hydrogen (secondary N) is 1. The van der Waals surface area contributed by atoms with Gasteiger partial charge in [-0.1, -0.05) is 22.0 Å². The topological polar surface area (TPSA) is 47.6 Å². The highest BCUT2D eigenvalue weighted by molar-refractivity contribution is 9.10. The van der Waals surface area contributed by atoms with Gasteiger partial charge in [0.05, 0.1) is 6.54 Å². The predicted molar refractivity (Wildman–Crippen MR) is 104 cm³/mol. The monoisotopic (exact) mass is 405 g/mol. The minimum atomic E-state index is -0.165. The first-order chi connectivity index (χ1) is 11.8. The molecule has 0 saturated heterocycles. The van der Waals surface area contributed by atoms with Crippen molar-refractivity contribution >= 4 is 21.8 Å². The maximum atomic E-state index is 11.9. The summed E-state index contributed by atoms with van der Waals surface area (Å²) >= 11 is 3.51. The van der Waals surface area contributed by atoms with Gasteiger partial charge in [0, 0.05) is 4.47 Å². The lowest BCUT2D eigenvalue weighted by Gasteiger charge is -2.11. The summed E-state index contributed by atoms with van der Waals surface area (Å²) in [5.41, 5.74) is 4.48. The van der Waals surface area contributed by atoms with Gasteiger partial charge in [0.25, 0.3) is 5.91 Å². The Bertz CT molecular complexity index is 715. The fourth-order valence-electron chi connectivity index (χ4n) is 2.56. The zero-order valence-corrected chi connectivity index (χ0v) is 16.7. The van der Waals surface area contributed by atoms with Crippen LogP contribution in [0.1, 0.15) is 22.3 Å². The van der Waals surface area contributed by atoms with Crippen molar-refractivity contribution in [3.05, 3.63) is 57.1 Å². The Hall–Kier alpha value is -2.01. The highest BCUT2D eigenvalue weighted by atomic mass is 79.9. The van der Waals surface area contributed by atoms with Crippen molar-refractivity contribution in [3.63, 3.8) is 0 Å². The van der Waals surface area contributed by atoms with Crippen LogP contribution in [0.3, 0.4) is 0 Å². The van der Waals surface area contributed by atoms with Crippen molar-refractivity contribution in [3.8, 4) is 11.5 Å². The smallest absolute Gasteiger partial charge is 0.258 e. The SMILES string of the molecule is Cc1cc(C)cc(OCCNC(=O)COc2cc(C)c(Br)c(C)c2)c1. The van der Waals surface area contributed by atoms with Gasteiger partial charge in [0.15, 0.2) is 6.61 Å². The first kappa shape index (κ1) is 19.3. The summed E-state index contributed by atoms with van der Waals surface area (Å²) < 4.78 is 12.3. The second-order valence-corrected chi connectivity index (χ2v) is 6.97. The number of hydrogen-bond donors (Lipinski definition) is 1. The Morgan fingerprint density at radius 1 is 0.920 bits per heavy atom. The Labute approximate surface area is 157 Å². The van der Waals surface area contributed by atoms with E-state index in [-0.39, 0.29) is 12.5 Å². The average molecular weight is 406 g/mol. The molecule has 134 valence electrons. The molecule has 0 heterocycles. The molecule has 25 heavy (non-hydrogen) atoms. The molecule has 0 aliphatic carbocycles. The van der Waals surface area contributed by atoms with Gasteiger partial charge in [-0.05, 0) is 74.2 Å². The van der Waals surface area contributed by atoms with E-state index in [1.807, 2.05) is 52.0 Å². The van der Waals surface area contributed by atoms with Crippen LogP contribution in [-0.4, -0.2) is 25.7 Å². The molecule has 2 aromatic carbocycles. The minimum Gasteiger partial charge on any atom is -0.492 e. The minimum absolute atomic E-state index is 0.00986. The molecular formula is C20H24BrNO3. The standard InChI is InChI=1S/C20H24BrNO3/c1-13-7-14(2)9-17(8-13)24-6-5-22-19(23)12-25-18-10-15(3)20(21)16(4)11-18/h7-11H,5-6,12H2,1-4H3,(H,22,23). The maximum Gasteiger partial charge on any atom is 0.258 e. The molecule has 0 fully saturated rings. The molecule has 2 aromatic rings. The van der Waals surface area contributed by atoms with Crippen LogP contribution >= 0.6 is 15.9 Å². The number of benzene rings is 2. The van der Waals surface area contributed by atoms with Gasteiger partial charge in [0.2, 0.25) is 0 Å². The molecule has 0 spiro atoms. The average Bonchev–Trinajstić information content (AvgIpc) is 2.53. The maximum absolute atomic E-state index is 11.9. The number of aryl methyl sites for hydroxylation is 4. The molecule has 0 aliphatic rings. The van der Waals surface area contributed by atoms with Crippen LogP contribution in [0.15, 0.2) is 34.8 Å². The number of ether oxygens (including phenoxy) is 2. The summed E-state index contributed by atoms with van der Waals surface area (Å²) in [7, 11) is 0. The first-order valence-corrected chi connectivity index (χ1v) is 9.02. The van der Waals surface area contributed by atoms with Gasteiger partial charge in [-0.25, -0.2) is 0 Å². The molecule has 0 aromatic heterocycles. The molecule has 0 bridgehead atoms. The van der Waals surface area contributed by atoms with Crippen LogP contribution in [0.25, 0.3) is 0 Å². The molecule has 2 rings (SSSR count). The Morgan fingerprint density at radius 2 is 1.48 bits per heavy atom. The third kappa shape index (κ3) is 6.09. The second kappa shape index (κ2) is 8.90. The van der Waals surface area contributed by atoms with Crippen LogP contribution < -0.4 is 14.8 Å². The molecule has 0 saturated carbocycles. The van der Waals surface area contributed by atoms with Crippen molar-refractivity contribution in [2.45, 2.75) is 27.7 Å². The van der Waals surface area contributed by atoms with Gasteiger partial charge in [-0.15, -0.1) is 0 Å². The summed E-state index contributed by atoms with van der Waals surface area (Å²) in [6.45, 7) is 8.90. The van der Waals surface area contributed by atoms with Crippen LogP contribution in [0.4, 0.5) is 0 Å². The van der Waals surface area contributed by atoms with Gasteiger partial charge in [0.1, 0.15) is 18.1 Å². The van der Waals surface area contributed by atoms with Crippen molar-refractivity contribution in [1.82, 2.24) is 5.32 Å². The van der Waals surface area contributed by atoms with E-state index in [0.29, 0.717) is 18.9 Å². The molecule has 5 heteroatoms. The summed E-state index contributed by atoms with van der Waals surface area (Å²) in [5.74, 6) is 1.35. The lowest BCUT2D eigenvalue weighted by Crippen LogP contribution is -2.32. The van der Waals surface area contributed by atoms with Crippen molar-refractivity contribution in [1.29, 1.82) is 0 Å². The molecule has 1 amide bonds. The zero-order chi connectivity index (χ0) is 18.4. The van der Waals surface area contributed by atoms with Crippen LogP contribution in [0.2, 0.25) is 0 Å².